The van der Waals surface area contributed by atoms with Crippen molar-refractivity contribution in [2.75, 3.05) is 6.61 Å². The SMILES string of the molecule is CCC(CC)(CO)c1nc(C)c(C)s1. The lowest BCUT2D eigenvalue weighted by Gasteiger charge is -2.26. The molecular weight excluding hydrogens is 194 g/mol. The number of aryl methyl sites for hydroxylation is 2. The van der Waals surface area contributed by atoms with Gasteiger partial charge in [0.1, 0.15) is 5.01 Å². The van der Waals surface area contributed by atoms with Crippen molar-refractivity contribution >= 4 is 11.3 Å². The van der Waals surface area contributed by atoms with E-state index in [9.17, 15) is 5.11 Å². The summed E-state index contributed by atoms with van der Waals surface area (Å²) in [6.07, 6.45) is 1.90. The van der Waals surface area contributed by atoms with Crippen molar-refractivity contribution in [3.63, 3.8) is 0 Å². The van der Waals surface area contributed by atoms with Crippen molar-refractivity contribution in [2.45, 2.75) is 46.0 Å². The van der Waals surface area contributed by atoms with Crippen LogP contribution in [0.25, 0.3) is 0 Å². The molecule has 1 aromatic rings. The average molecular weight is 213 g/mol. The molecule has 0 spiro atoms. The second-order valence-electron chi connectivity index (χ2n) is 3.81. The number of aliphatic hydroxyl groups excluding tert-OH is 1. The Morgan fingerprint density at radius 2 is 1.86 bits per heavy atom. The molecular formula is C11H19NOS. The Kier molecular flexibility index (Phi) is 3.67. The molecule has 1 rings (SSSR count). The molecule has 0 aromatic carbocycles. The van der Waals surface area contributed by atoms with Crippen LogP contribution in [0.4, 0.5) is 0 Å². The number of hydrogen-bond acceptors (Lipinski definition) is 3. The maximum absolute atomic E-state index is 9.50. The first kappa shape index (κ1) is 11.7. The highest BCUT2D eigenvalue weighted by Crippen LogP contribution is 2.34. The van der Waals surface area contributed by atoms with E-state index in [0.717, 1.165) is 23.5 Å². The lowest BCUT2D eigenvalue weighted by molar-refractivity contribution is 0.182. The molecule has 3 heteroatoms. The molecule has 0 bridgehead atoms. The van der Waals surface area contributed by atoms with Crippen LogP contribution in [0, 0.1) is 13.8 Å². The smallest absolute Gasteiger partial charge is 0.102 e. The standard InChI is InChI=1S/C11H19NOS/c1-5-11(6-2,7-13)10-12-8(3)9(4)14-10/h13H,5-7H2,1-4H3. The largest absolute Gasteiger partial charge is 0.395 e. The Bertz CT molecular complexity index is 274. The second-order valence-corrected chi connectivity index (χ2v) is 5.01. The number of thiazole rings is 1. The van der Waals surface area contributed by atoms with E-state index in [4.69, 9.17) is 0 Å². The van der Waals surface area contributed by atoms with Crippen LogP contribution >= 0.6 is 11.3 Å². The summed E-state index contributed by atoms with van der Waals surface area (Å²) >= 11 is 1.72. The lowest BCUT2D eigenvalue weighted by atomic mass is 9.84. The van der Waals surface area contributed by atoms with Crippen LogP contribution < -0.4 is 0 Å². The number of hydrogen-bond donors (Lipinski definition) is 1. The van der Waals surface area contributed by atoms with Gasteiger partial charge in [0.25, 0.3) is 0 Å². The van der Waals surface area contributed by atoms with E-state index in [-0.39, 0.29) is 12.0 Å². The first-order chi connectivity index (χ1) is 6.59. The third kappa shape index (κ3) is 1.84. The Hall–Kier alpha value is -0.410. The fraction of sp³-hybridized carbons (Fsp3) is 0.727. The van der Waals surface area contributed by atoms with Gasteiger partial charge in [-0.3, -0.25) is 0 Å². The number of rotatable bonds is 4. The van der Waals surface area contributed by atoms with Gasteiger partial charge in [-0.25, -0.2) is 4.98 Å². The normalized spacial score (nSPS) is 12.1. The van der Waals surface area contributed by atoms with Gasteiger partial charge in [0, 0.05) is 10.3 Å². The number of nitrogens with zero attached hydrogens (tertiary/aromatic N) is 1. The van der Waals surface area contributed by atoms with Gasteiger partial charge in [-0.1, -0.05) is 13.8 Å². The molecule has 80 valence electrons. The first-order valence-electron chi connectivity index (χ1n) is 5.15. The van der Waals surface area contributed by atoms with Crippen LogP contribution in [-0.2, 0) is 5.41 Å². The zero-order valence-corrected chi connectivity index (χ0v) is 10.2. The van der Waals surface area contributed by atoms with Crippen LogP contribution in [0.1, 0.15) is 42.3 Å². The average Bonchev–Trinajstić information content (AvgIpc) is 2.51. The van der Waals surface area contributed by atoms with Gasteiger partial charge < -0.3 is 5.11 Å². The first-order valence-corrected chi connectivity index (χ1v) is 5.96. The summed E-state index contributed by atoms with van der Waals surface area (Å²) in [4.78, 5) is 5.82. The molecule has 2 nitrogen and oxygen atoms in total. The second kappa shape index (κ2) is 4.41. The zero-order chi connectivity index (χ0) is 10.8. The lowest BCUT2D eigenvalue weighted by Crippen LogP contribution is -2.28. The van der Waals surface area contributed by atoms with Crippen LogP contribution in [0.3, 0.4) is 0 Å². The van der Waals surface area contributed by atoms with Crippen molar-refractivity contribution in [1.29, 1.82) is 0 Å². The molecule has 0 radical (unpaired) electrons. The van der Waals surface area contributed by atoms with Gasteiger partial charge in [-0.2, -0.15) is 0 Å². The molecule has 0 fully saturated rings. The summed E-state index contributed by atoms with van der Waals surface area (Å²) in [6.45, 7) is 8.55. The summed E-state index contributed by atoms with van der Waals surface area (Å²) in [5.74, 6) is 0. The van der Waals surface area contributed by atoms with E-state index in [1.807, 2.05) is 6.92 Å². The third-order valence-electron chi connectivity index (χ3n) is 3.14. The monoisotopic (exact) mass is 213 g/mol. The van der Waals surface area contributed by atoms with Gasteiger partial charge in [0.2, 0.25) is 0 Å². The van der Waals surface area contributed by atoms with E-state index in [1.165, 1.54) is 4.88 Å². The maximum Gasteiger partial charge on any atom is 0.102 e. The molecule has 1 heterocycles. The van der Waals surface area contributed by atoms with Crippen LogP contribution in [0.2, 0.25) is 0 Å². The quantitative estimate of drug-likeness (QED) is 0.834. The Morgan fingerprint density at radius 1 is 1.29 bits per heavy atom. The highest BCUT2D eigenvalue weighted by Gasteiger charge is 2.31. The topological polar surface area (TPSA) is 33.1 Å². The summed E-state index contributed by atoms with van der Waals surface area (Å²) in [5.41, 5.74) is 0.994. The van der Waals surface area contributed by atoms with Crippen molar-refractivity contribution in [2.24, 2.45) is 0 Å². The molecule has 1 N–H and O–H groups in total. The fourth-order valence-electron chi connectivity index (χ4n) is 1.54. The minimum Gasteiger partial charge on any atom is -0.395 e. The van der Waals surface area contributed by atoms with E-state index < -0.39 is 0 Å². The molecule has 0 amide bonds. The predicted molar refractivity (Wildman–Crippen MR) is 60.9 cm³/mol. The summed E-state index contributed by atoms with van der Waals surface area (Å²) < 4.78 is 0. The van der Waals surface area contributed by atoms with Crippen LogP contribution in [0.15, 0.2) is 0 Å². The Morgan fingerprint density at radius 3 is 2.14 bits per heavy atom. The van der Waals surface area contributed by atoms with E-state index in [1.54, 1.807) is 11.3 Å². The highest BCUT2D eigenvalue weighted by atomic mass is 32.1. The summed E-state index contributed by atoms with van der Waals surface area (Å²) in [6, 6.07) is 0. The zero-order valence-electron chi connectivity index (χ0n) is 9.42. The van der Waals surface area contributed by atoms with E-state index in [2.05, 4.69) is 25.8 Å². The number of aliphatic hydroxyl groups is 1. The predicted octanol–water partition coefficient (Wildman–Crippen LogP) is 2.81. The van der Waals surface area contributed by atoms with Crippen molar-refractivity contribution in [3.8, 4) is 0 Å². The summed E-state index contributed by atoms with van der Waals surface area (Å²) in [5, 5.41) is 10.6. The van der Waals surface area contributed by atoms with Gasteiger partial charge in [0.05, 0.1) is 12.3 Å². The summed E-state index contributed by atoms with van der Waals surface area (Å²) in [7, 11) is 0. The molecule has 14 heavy (non-hydrogen) atoms. The number of aromatic nitrogens is 1. The molecule has 0 saturated carbocycles. The Balaban J connectivity index is 3.10. The van der Waals surface area contributed by atoms with Crippen molar-refractivity contribution in [3.05, 3.63) is 15.6 Å². The minimum absolute atomic E-state index is 0.107. The molecule has 1 aromatic heterocycles. The van der Waals surface area contributed by atoms with E-state index in [0.29, 0.717) is 0 Å². The van der Waals surface area contributed by atoms with Crippen molar-refractivity contribution in [1.82, 2.24) is 4.98 Å². The van der Waals surface area contributed by atoms with Crippen LogP contribution in [-0.4, -0.2) is 16.7 Å². The Labute approximate surface area is 90.0 Å². The molecule has 0 aliphatic heterocycles. The molecule has 0 aliphatic carbocycles. The molecule has 0 unspecified atom stereocenters. The van der Waals surface area contributed by atoms with Gasteiger partial charge in [0.15, 0.2) is 0 Å². The molecule has 0 aliphatic rings. The molecule has 0 atom stereocenters. The third-order valence-corrected chi connectivity index (χ3v) is 4.46. The van der Waals surface area contributed by atoms with Gasteiger partial charge in [-0.05, 0) is 26.7 Å². The fourth-order valence-corrected chi connectivity index (χ4v) is 2.78. The molecule has 0 saturated heterocycles. The van der Waals surface area contributed by atoms with Crippen molar-refractivity contribution < 1.29 is 5.11 Å². The van der Waals surface area contributed by atoms with Gasteiger partial charge >= 0.3 is 0 Å². The maximum atomic E-state index is 9.50. The highest BCUT2D eigenvalue weighted by molar-refractivity contribution is 7.11. The van der Waals surface area contributed by atoms with Gasteiger partial charge in [-0.15, -0.1) is 11.3 Å². The minimum atomic E-state index is -0.107. The van der Waals surface area contributed by atoms with E-state index >= 15 is 0 Å². The van der Waals surface area contributed by atoms with Crippen LogP contribution in [0.5, 0.6) is 0 Å².